The maximum atomic E-state index is 11.3. The second-order valence-electron chi connectivity index (χ2n) is 6.71. The molecule has 3 heteroatoms. The molecule has 23 heavy (non-hydrogen) atoms. The molecule has 1 fully saturated rings. The van der Waals surface area contributed by atoms with Crippen LogP contribution in [0.25, 0.3) is 0 Å². The van der Waals surface area contributed by atoms with Gasteiger partial charge in [-0.05, 0) is 32.1 Å². The van der Waals surface area contributed by atoms with Gasteiger partial charge in [-0.1, -0.05) is 70.4 Å². The summed E-state index contributed by atoms with van der Waals surface area (Å²) < 4.78 is 4.55. The summed E-state index contributed by atoms with van der Waals surface area (Å²) in [5.74, 6) is -0.852. The molecule has 1 atom stereocenters. The molecule has 0 N–H and O–H groups in total. The van der Waals surface area contributed by atoms with Crippen molar-refractivity contribution < 1.29 is 14.3 Å². The van der Waals surface area contributed by atoms with Crippen LogP contribution in [0.5, 0.6) is 0 Å². The average Bonchev–Trinajstić information content (AvgIpc) is 2.85. The lowest BCUT2D eigenvalue weighted by atomic mass is 10.00. The molecule has 0 amide bonds. The van der Waals surface area contributed by atoms with Gasteiger partial charge in [0, 0.05) is 0 Å². The van der Waals surface area contributed by atoms with Crippen LogP contribution in [0.15, 0.2) is 12.2 Å². The minimum Gasteiger partial charge on any atom is -0.393 e. The Balaban J connectivity index is 1.82. The van der Waals surface area contributed by atoms with Gasteiger partial charge in [0.2, 0.25) is 0 Å². The summed E-state index contributed by atoms with van der Waals surface area (Å²) in [5, 5.41) is 0. The second-order valence-corrected chi connectivity index (χ2v) is 6.71. The number of allylic oxidation sites excluding steroid dienone is 2. The van der Waals surface area contributed by atoms with Crippen molar-refractivity contribution in [1.82, 2.24) is 0 Å². The third-order valence-corrected chi connectivity index (χ3v) is 4.53. The highest BCUT2D eigenvalue weighted by molar-refractivity contribution is 5.94. The van der Waals surface area contributed by atoms with Crippen LogP contribution in [0.4, 0.5) is 0 Å². The van der Waals surface area contributed by atoms with E-state index in [-0.39, 0.29) is 24.3 Å². The standard InChI is InChI=1S/C20H34O3/c1-2-3-4-5-6-7-8-9-10-11-12-13-14-15-16-18-17-19(21)23-20(18)22/h11-12,18H,2-10,13-17H2,1H3. The first-order valence-corrected chi connectivity index (χ1v) is 9.63. The van der Waals surface area contributed by atoms with Crippen LogP contribution in [0.1, 0.15) is 96.8 Å². The quantitative estimate of drug-likeness (QED) is 0.178. The fourth-order valence-electron chi connectivity index (χ4n) is 3.03. The van der Waals surface area contributed by atoms with Gasteiger partial charge in [0.1, 0.15) is 0 Å². The number of ether oxygens (including phenoxy) is 1. The van der Waals surface area contributed by atoms with Gasteiger partial charge in [-0.15, -0.1) is 0 Å². The first kappa shape index (κ1) is 19.9. The zero-order valence-corrected chi connectivity index (χ0v) is 14.9. The molecule has 0 saturated carbocycles. The number of esters is 2. The van der Waals surface area contributed by atoms with E-state index in [0.717, 1.165) is 25.7 Å². The number of rotatable bonds is 14. The molecule has 1 rings (SSSR count). The van der Waals surface area contributed by atoms with Gasteiger partial charge in [-0.25, -0.2) is 0 Å². The van der Waals surface area contributed by atoms with Crippen LogP contribution >= 0.6 is 0 Å². The highest BCUT2D eigenvalue weighted by Gasteiger charge is 2.32. The number of hydrogen-bond donors (Lipinski definition) is 0. The van der Waals surface area contributed by atoms with Crippen LogP contribution in [-0.4, -0.2) is 11.9 Å². The molecule has 0 bridgehead atoms. The maximum absolute atomic E-state index is 11.3. The van der Waals surface area contributed by atoms with E-state index in [1.807, 2.05) is 0 Å². The minimum absolute atomic E-state index is 0.177. The molecule has 0 aliphatic carbocycles. The molecule has 0 spiro atoms. The Morgan fingerprint density at radius 3 is 2.00 bits per heavy atom. The summed E-state index contributed by atoms with van der Waals surface area (Å²) in [6, 6.07) is 0. The molecule has 0 aromatic heterocycles. The number of unbranched alkanes of at least 4 members (excludes halogenated alkanes) is 10. The van der Waals surface area contributed by atoms with Crippen molar-refractivity contribution >= 4 is 11.9 Å². The summed E-state index contributed by atoms with van der Waals surface area (Å²) in [6.45, 7) is 2.26. The Kier molecular flexibility index (Phi) is 11.5. The molecule has 132 valence electrons. The van der Waals surface area contributed by atoms with Crippen LogP contribution in [0.2, 0.25) is 0 Å². The smallest absolute Gasteiger partial charge is 0.317 e. The zero-order valence-electron chi connectivity index (χ0n) is 14.9. The molecule has 1 saturated heterocycles. The molecule has 0 aromatic carbocycles. The van der Waals surface area contributed by atoms with Crippen molar-refractivity contribution in [1.29, 1.82) is 0 Å². The first-order valence-electron chi connectivity index (χ1n) is 9.63. The molecular weight excluding hydrogens is 288 g/mol. The molecule has 0 radical (unpaired) electrons. The fourth-order valence-corrected chi connectivity index (χ4v) is 3.03. The van der Waals surface area contributed by atoms with Crippen molar-refractivity contribution in [3.8, 4) is 0 Å². The van der Waals surface area contributed by atoms with E-state index in [4.69, 9.17) is 0 Å². The van der Waals surface area contributed by atoms with Crippen LogP contribution in [0, 0.1) is 5.92 Å². The third kappa shape index (κ3) is 10.3. The topological polar surface area (TPSA) is 43.4 Å². The lowest BCUT2D eigenvalue weighted by molar-refractivity contribution is -0.153. The van der Waals surface area contributed by atoms with Crippen molar-refractivity contribution in [3.63, 3.8) is 0 Å². The summed E-state index contributed by atoms with van der Waals surface area (Å²) in [4.78, 5) is 22.3. The summed E-state index contributed by atoms with van der Waals surface area (Å²) in [5.41, 5.74) is 0. The highest BCUT2D eigenvalue weighted by Crippen LogP contribution is 2.22. The van der Waals surface area contributed by atoms with Crippen LogP contribution in [-0.2, 0) is 14.3 Å². The fraction of sp³-hybridized carbons (Fsp3) is 0.800. The van der Waals surface area contributed by atoms with E-state index in [9.17, 15) is 9.59 Å². The minimum atomic E-state index is -0.356. The molecule has 1 aliphatic heterocycles. The lowest BCUT2D eigenvalue weighted by Gasteiger charge is -2.02. The number of carbonyl (C=O) groups excluding carboxylic acids is 2. The normalized spacial score (nSPS) is 18.0. The summed E-state index contributed by atoms with van der Waals surface area (Å²) in [7, 11) is 0. The number of cyclic esters (lactones) is 2. The van der Waals surface area contributed by atoms with Gasteiger partial charge in [-0.2, -0.15) is 0 Å². The Hall–Kier alpha value is -1.12. The molecule has 3 nitrogen and oxygen atoms in total. The Morgan fingerprint density at radius 2 is 1.43 bits per heavy atom. The van der Waals surface area contributed by atoms with Gasteiger partial charge in [0.05, 0.1) is 12.3 Å². The first-order chi connectivity index (χ1) is 11.2. The van der Waals surface area contributed by atoms with Gasteiger partial charge in [0.15, 0.2) is 0 Å². The maximum Gasteiger partial charge on any atom is 0.317 e. The number of hydrogen-bond acceptors (Lipinski definition) is 3. The van der Waals surface area contributed by atoms with E-state index in [2.05, 4.69) is 23.8 Å². The lowest BCUT2D eigenvalue weighted by Crippen LogP contribution is -2.06. The van der Waals surface area contributed by atoms with Crippen molar-refractivity contribution in [2.45, 2.75) is 96.8 Å². The van der Waals surface area contributed by atoms with Gasteiger partial charge in [-0.3, -0.25) is 9.59 Å². The monoisotopic (exact) mass is 322 g/mol. The third-order valence-electron chi connectivity index (χ3n) is 4.53. The van der Waals surface area contributed by atoms with Crippen LogP contribution in [0.3, 0.4) is 0 Å². The van der Waals surface area contributed by atoms with Gasteiger partial charge < -0.3 is 4.74 Å². The van der Waals surface area contributed by atoms with Crippen LogP contribution < -0.4 is 0 Å². The molecule has 1 unspecified atom stereocenters. The van der Waals surface area contributed by atoms with Crippen molar-refractivity contribution in [2.24, 2.45) is 5.92 Å². The molecule has 1 aliphatic rings. The second kappa shape index (κ2) is 13.3. The van der Waals surface area contributed by atoms with E-state index in [1.165, 1.54) is 57.8 Å². The Bertz CT molecular complexity index is 360. The number of carbonyl (C=O) groups is 2. The average molecular weight is 322 g/mol. The van der Waals surface area contributed by atoms with Gasteiger partial charge in [0.25, 0.3) is 0 Å². The zero-order chi connectivity index (χ0) is 16.8. The highest BCUT2D eigenvalue weighted by atomic mass is 16.6. The van der Waals surface area contributed by atoms with E-state index in [0.29, 0.717) is 0 Å². The Labute approximate surface area is 141 Å². The largest absolute Gasteiger partial charge is 0.393 e. The summed E-state index contributed by atoms with van der Waals surface area (Å²) in [6.07, 6.45) is 21.0. The van der Waals surface area contributed by atoms with Crippen molar-refractivity contribution in [3.05, 3.63) is 12.2 Å². The van der Waals surface area contributed by atoms with Gasteiger partial charge >= 0.3 is 11.9 Å². The Morgan fingerprint density at radius 1 is 0.870 bits per heavy atom. The van der Waals surface area contributed by atoms with E-state index < -0.39 is 0 Å². The predicted octanol–water partition coefficient (Wildman–Crippen LogP) is 5.72. The summed E-state index contributed by atoms with van der Waals surface area (Å²) >= 11 is 0. The SMILES string of the molecule is CCCCCCCCCCC=CCCCCC1CC(=O)OC1=O. The van der Waals surface area contributed by atoms with E-state index in [1.54, 1.807) is 0 Å². The van der Waals surface area contributed by atoms with Crippen molar-refractivity contribution in [2.75, 3.05) is 0 Å². The molecule has 1 heterocycles. The van der Waals surface area contributed by atoms with E-state index >= 15 is 0 Å². The molecular formula is C20H34O3. The predicted molar refractivity (Wildman–Crippen MR) is 94.0 cm³/mol. The molecule has 0 aromatic rings.